The minimum atomic E-state index is -4.42. The highest BCUT2D eigenvalue weighted by Gasteiger charge is 2.30. The largest absolute Gasteiger partial charge is 0.416 e. The van der Waals surface area contributed by atoms with Gasteiger partial charge in [-0.05, 0) is 30.7 Å². The monoisotopic (exact) mass is 322 g/mol. The summed E-state index contributed by atoms with van der Waals surface area (Å²) in [4.78, 5) is 8.07. The van der Waals surface area contributed by atoms with Crippen LogP contribution >= 0.6 is 11.6 Å². The zero-order chi connectivity index (χ0) is 15.9. The topological polar surface area (TPSA) is 25.8 Å². The Morgan fingerprint density at radius 2 is 1.64 bits per heavy atom. The molecule has 112 valence electrons. The zero-order valence-electron chi connectivity index (χ0n) is 11.4. The lowest BCUT2D eigenvalue weighted by Crippen LogP contribution is -2.05. The van der Waals surface area contributed by atoms with E-state index in [1.807, 2.05) is 31.2 Å². The molecule has 1 heterocycles. The van der Waals surface area contributed by atoms with Crippen molar-refractivity contribution < 1.29 is 13.2 Å². The average molecular weight is 323 g/mol. The van der Waals surface area contributed by atoms with Crippen molar-refractivity contribution in [3.8, 4) is 11.3 Å². The zero-order valence-corrected chi connectivity index (χ0v) is 12.2. The number of nitrogens with zero attached hydrogens (tertiary/aromatic N) is 2. The van der Waals surface area contributed by atoms with Gasteiger partial charge in [-0.15, -0.1) is 0 Å². The van der Waals surface area contributed by atoms with Gasteiger partial charge in [-0.3, -0.25) is 0 Å². The molecule has 0 bridgehead atoms. The summed E-state index contributed by atoms with van der Waals surface area (Å²) in [5.74, 6) is 0. The lowest BCUT2D eigenvalue weighted by atomic mass is 10.0. The number of hydrogen-bond donors (Lipinski definition) is 0. The first-order chi connectivity index (χ1) is 10.3. The van der Waals surface area contributed by atoms with Crippen molar-refractivity contribution in [2.75, 3.05) is 0 Å². The Morgan fingerprint density at radius 3 is 2.27 bits per heavy atom. The highest BCUT2D eigenvalue weighted by atomic mass is 35.5. The SMILES string of the molecule is Cc1ccc(-c2nc(Cl)nc3cc(C(F)(F)F)ccc23)cc1. The van der Waals surface area contributed by atoms with Gasteiger partial charge in [0.25, 0.3) is 0 Å². The molecule has 1 aromatic heterocycles. The summed E-state index contributed by atoms with van der Waals surface area (Å²) < 4.78 is 38.4. The molecule has 0 saturated carbocycles. The van der Waals surface area contributed by atoms with Crippen LogP contribution in [-0.4, -0.2) is 9.97 Å². The molecule has 0 spiro atoms. The molecule has 0 atom stereocenters. The van der Waals surface area contributed by atoms with Gasteiger partial charge in [0, 0.05) is 10.9 Å². The van der Waals surface area contributed by atoms with Crippen LogP contribution in [0.15, 0.2) is 42.5 Å². The fraction of sp³-hybridized carbons (Fsp3) is 0.125. The maximum Gasteiger partial charge on any atom is 0.416 e. The van der Waals surface area contributed by atoms with Gasteiger partial charge < -0.3 is 0 Å². The normalized spacial score (nSPS) is 11.9. The van der Waals surface area contributed by atoms with Crippen molar-refractivity contribution >= 4 is 22.5 Å². The minimum absolute atomic E-state index is 0.0811. The van der Waals surface area contributed by atoms with E-state index < -0.39 is 11.7 Å². The molecular formula is C16H10ClF3N2. The highest BCUT2D eigenvalue weighted by molar-refractivity contribution is 6.28. The summed E-state index contributed by atoms with van der Waals surface area (Å²) in [6, 6.07) is 10.9. The molecule has 0 N–H and O–H groups in total. The number of alkyl halides is 3. The van der Waals surface area contributed by atoms with Gasteiger partial charge >= 0.3 is 6.18 Å². The molecule has 2 nitrogen and oxygen atoms in total. The van der Waals surface area contributed by atoms with Crippen LogP contribution in [-0.2, 0) is 6.18 Å². The first-order valence-corrected chi connectivity index (χ1v) is 6.84. The molecule has 3 rings (SSSR count). The summed E-state index contributed by atoms with van der Waals surface area (Å²) in [5, 5.41) is 0.448. The smallest absolute Gasteiger partial charge is 0.218 e. The Kier molecular flexibility index (Phi) is 3.53. The van der Waals surface area contributed by atoms with Crippen molar-refractivity contribution in [3.05, 3.63) is 58.9 Å². The summed E-state index contributed by atoms with van der Waals surface area (Å²) in [5.41, 5.74) is 1.78. The van der Waals surface area contributed by atoms with Crippen LogP contribution in [0.25, 0.3) is 22.2 Å². The molecule has 3 aromatic rings. The second-order valence-electron chi connectivity index (χ2n) is 4.94. The Bertz CT molecular complexity index is 842. The van der Waals surface area contributed by atoms with Gasteiger partial charge in [-0.25, -0.2) is 9.97 Å². The lowest BCUT2D eigenvalue weighted by Gasteiger charge is -2.10. The average Bonchev–Trinajstić information content (AvgIpc) is 2.45. The van der Waals surface area contributed by atoms with Crippen molar-refractivity contribution in [1.82, 2.24) is 9.97 Å². The third-order valence-electron chi connectivity index (χ3n) is 3.32. The van der Waals surface area contributed by atoms with E-state index in [1.54, 1.807) is 0 Å². The third-order valence-corrected chi connectivity index (χ3v) is 3.49. The Balaban J connectivity index is 2.25. The second kappa shape index (κ2) is 5.25. The van der Waals surface area contributed by atoms with Gasteiger partial charge in [-0.2, -0.15) is 13.2 Å². The van der Waals surface area contributed by atoms with Crippen LogP contribution in [0.1, 0.15) is 11.1 Å². The Hall–Kier alpha value is -2.14. The van der Waals surface area contributed by atoms with Crippen molar-refractivity contribution in [2.45, 2.75) is 13.1 Å². The fourth-order valence-corrected chi connectivity index (χ4v) is 2.38. The van der Waals surface area contributed by atoms with Gasteiger partial charge in [0.2, 0.25) is 5.28 Å². The van der Waals surface area contributed by atoms with Crippen LogP contribution in [0, 0.1) is 6.92 Å². The maximum absolute atomic E-state index is 12.8. The van der Waals surface area contributed by atoms with Gasteiger partial charge in [0.15, 0.2) is 0 Å². The molecule has 0 fully saturated rings. The van der Waals surface area contributed by atoms with E-state index in [1.165, 1.54) is 6.07 Å². The molecule has 2 aromatic carbocycles. The van der Waals surface area contributed by atoms with E-state index in [0.29, 0.717) is 11.1 Å². The lowest BCUT2D eigenvalue weighted by molar-refractivity contribution is -0.137. The van der Waals surface area contributed by atoms with Gasteiger partial charge in [-0.1, -0.05) is 35.9 Å². The minimum Gasteiger partial charge on any atom is -0.218 e. The summed E-state index contributed by atoms with van der Waals surface area (Å²) >= 11 is 5.87. The number of aromatic nitrogens is 2. The second-order valence-corrected chi connectivity index (χ2v) is 5.28. The summed E-state index contributed by atoms with van der Waals surface area (Å²) in [6.07, 6.45) is -4.42. The van der Waals surface area contributed by atoms with Crippen LogP contribution in [0.5, 0.6) is 0 Å². The number of rotatable bonds is 1. The Labute approximate surface area is 129 Å². The number of halogens is 4. The van der Waals surface area contributed by atoms with Crippen molar-refractivity contribution in [1.29, 1.82) is 0 Å². The molecular weight excluding hydrogens is 313 g/mol. The van der Waals surface area contributed by atoms with E-state index in [4.69, 9.17) is 11.6 Å². The molecule has 0 amide bonds. The fourth-order valence-electron chi connectivity index (χ4n) is 2.21. The van der Waals surface area contributed by atoms with E-state index in [2.05, 4.69) is 9.97 Å². The standard InChI is InChI=1S/C16H10ClF3N2/c1-9-2-4-10(5-3-9)14-12-7-6-11(16(18,19)20)8-13(12)21-15(17)22-14/h2-8H,1H3. The van der Waals surface area contributed by atoms with Crippen molar-refractivity contribution in [2.24, 2.45) is 0 Å². The molecule has 0 radical (unpaired) electrons. The number of fused-ring (bicyclic) bond motifs is 1. The first-order valence-electron chi connectivity index (χ1n) is 6.46. The number of benzene rings is 2. The van der Waals surface area contributed by atoms with Crippen LogP contribution in [0.3, 0.4) is 0 Å². The van der Waals surface area contributed by atoms with Gasteiger partial charge in [0.05, 0.1) is 16.8 Å². The molecule has 0 aliphatic heterocycles. The van der Waals surface area contributed by atoms with E-state index in [9.17, 15) is 13.2 Å². The molecule has 0 aliphatic carbocycles. The Morgan fingerprint density at radius 1 is 0.955 bits per heavy atom. The molecule has 0 unspecified atom stereocenters. The predicted octanol–water partition coefficient (Wildman–Crippen LogP) is 5.28. The number of hydrogen-bond acceptors (Lipinski definition) is 2. The molecule has 0 aliphatic rings. The predicted molar refractivity (Wildman–Crippen MR) is 79.7 cm³/mol. The van der Waals surface area contributed by atoms with Crippen LogP contribution in [0.4, 0.5) is 13.2 Å². The van der Waals surface area contributed by atoms with E-state index in [0.717, 1.165) is 23.3 Å². The van der Waals surface area contributed by atoms with E-state index in [-0.39, 0.29) is 10.8 Å². The van der Waals surface area contributed by atoms with Crippen LogP contribution < -0.4 is 0 Å². The number of aryl methyl sites for hydroxylation is 1. The maximum atomic E-state index is 12.8. The molecule has 6 heteroatoms. The molecule has 22 heavy (non-hydrogen) atoms. The first kappa shape index (κ1) is 14.8. The van der Waals surface area contributed by atoms with Gasteiger partial charge in [0.1, 0.15) is 0 Å². The van der Waals surface area contributed by atoms with Crippen LogP contribution in [0.2, 0.25) is 5.28 Å². The van der Waals surface area contributed by atoms with Crippen molar-refractivity contribution in [3.63, 3.8) is 0 Å². The summed E-state index contributed by atoms with van der Waals surface area (Å²) in [7, 11) is 0. The highest BCUT2D eigenvalue weighted by Crippen LogP contribution is 2.34. The summed E-state index contributed by atoms with van der Waals surface area (Å²) in [6.45, 7) is 1.95. The van der Waals surface area contributed by atoms with E-state index >= 15 is 0 Å². The third kappa shape index (κ3) is 2.76. The quantitative estimate of drug-likeness (QED) is 0.570. The molecule has 0 saturated heterocycles.